The molecule has 0 bridgehead atoms. The maximum Gasteiger partial charge on any atom is 0.573 e. The van der Waals surface area contributed by atoms with Gasteiger partial charge in [-0.25, -0.2) is 9.69 Å². The number of nitrogens with one attached hydrogen (secondary N) is 1. The molecule has 2 fully saturated rings. The number of carbonyl (C=O) groups excluding carboxylic acids is 3. The van der Waals surface area contributed by atoms with E-state index in [2.05, 4.69) is 15.0 Å². The number of morpholine rings is 1. The molecular formula is C22H21F3N4O5. The van der Waals surface area contributed by atoms with Gasteiger partial charge >= 0.3 is 12.4 Å². The minimum atomic E-state index is -4.85. The third-order valence-electron chi connectivity index (χ3n) is 5.49. The second-order valence-electron chi connectivity index (χ2n) is 8.08. The van der Waals surface area contributed by atoms with E-state index in [1.54, 1.807) is 17.0 Å². The van der Waals surface area contributed by atoms with Gasteiger partial charge in [0.15, 0.2) is 0 Å². The zero-order chi connectivity index (χ0) is 24.5. The molecular weight excluding hydrogens is 457 g/mol. The molecule has 180 valence electrons. The minimum Gasteiger partial charge on any atom is -0.406 e. The number of urea groups is 1. The highest BCUT2D eigenvalue weighted by molar-refractivity contribution is 6.23. The van der Waals surface area contributed by atoms with Gasteiger partial charge in [0.1, 0.15) is 17.0 Å². The van der Waals surface area contributed by atoms with Crippen LogP contribution in [0.1, 0.15) is 23.0 Å². The highest BCUT2D eigenvalue weighted by Crippen LogP contribution is 2.30. The maximum absolute atomic E-state index is 13.1. The summed E-state index contributed by atoms with van der Waals surface area (Å²) in [4.78, 5) is 45.1. The van der Waals surface area contributed by atoms with Crippen molar-refractivity contribution in [3.05, 3.63) is 53.9 Å². The molecule has 2 aliphatic rings. The summed E-state index contributed by atoms with van der Waals surface area (Å²) in [5.74, 6) is -1.31. The standard InChI is InChI=1S/C22H21F3N4O5/c1-21(13-14-6-7-26-17(12-14)18(30)28-8-10-33-11-9-28)19(31)29(20(32)27-21)15-2-4-16(5-3-15)34-22(23,24)25/h2-7,12H,8-11,13H2,1H3,(H,27,32). The topological polar surface area (TPSA) is 101 Å². The van der Waals surface area contributed by atoms with E-state index in [1.807, 2.05) is 0 Å². The third-order valence-corrected chi connectivity index (χ3v) is 5.49. The Labute approximate surface area is 192 Å². The largest absolute Gasteiger partial charge is 0.573 e. The number of anilines is 1. The number of hydrogen-bond donors (Lipinski definition) is 1. The van der Waals surface area contributed by atoms with Gasteiger partial charge < -0.3 is 19.7 Å². The van der Waals surface area contributed by atoms with E-state index in [9.17, 15) is 27.6 Å². The predicted octanol–water partition coefficient (Wildman–Crippen LogP) is 2.51. The molecule has 3 heterocycles. The number of pyridine rings is 1. The van der Waals surface area contributed by atoms with Crippen molar-refractivity contribution in [1.29, 1.82) is 0 Å². The number of carbonyl (C=O) groups is 3. The van der Waals surface area contributed by atoms with Crippen molar-refractivity contribution in [3.8, 4) is 5.75 Å². The molecule has 34 heavy (non-hydrogen) atoms. The summed E-state index contributed by atoms with van der Waals surface area (Å²) in [6, 6.07) is 6.93. The summed E-state index contributed by atoms with van der Waals surface area (Å²) in [5, 5.41) is 2.64. The van der Waals surface area contributed by atoms with Gasteiger partial charge in [0.2, 0.25) is 0 Å². The fraction of sp³-hybridized carbons (Fsp3) is 0.364. The normalized spacial score (nSPS) is 20.9. The molecule has 1 aromatic carbocycles. The first-order valence-electron chi connectivity index (χ1n) is 10.4. The van der Waals surface area contributed by atoms with Crippen LogP contribution in [-0.2, 0) is 16.0 Å². The van der Waals surface area contributed by atoms with E-state index in [4.69, 9.17) is 4.74 Å². The molecule has 0 saturated carbocycles. The van der Waals surface area contributed by atoms with Crippen LogP contribution in [0.5, 0.6) is 5.75 Å². The molecule has 0 radical (unpaired) electrons. The van der Waals surface area contributed by atoms with Crippen LogP contribution in [0.25, 0.3) is 0 Å². The summed E-state index contributed by atoms with van der Waals surface area (Å²) >= 11 is 0. The van der Waals surface area contributed by atoms with Crippen LogP contribution in [0.4, 0.5) is 23.7 Å². The van der Waals surface area contributed by atoms with Crippen LogP contribution in [-0.4, -0.2) is 65.9 Å². The van der Waals surface area contributed by atoms with Crippen molar-refractivity contribution < 1.29 is 37.0 Å². The quantitative estimate of drug-likeness (QED) is 0.663. The number of aromatic nitrogens is 1. The Bertz CT molecular complexity index is 1100. The van der Waals surface area contributed by atoms with E-state index in [-0.39, 0.29) is 23.7 Å². The van der Waals surface area contributed by atoms with E-state index in [1.165, 1.54) is 25.3 Å². The molecule has 9 nitrogen and oxygen atoms in total. The third kappa shape index (κ3) is 4.96. The smallest absolute Gasteiger partial charge is 0.406 e. The molecule has 12 heteroatoms. The van der Waals surface area contributed by atoms with Gasteiger partial charge in [-0.05, 0) is 48.9 Å². The Morgan fingerprint density at radius 1 is 1.18 bits per heavy atom. The average Bonchev–Trinajstić information content (AvgIpc) is 3.01. The number of halogens is 3. The first-order chi connectivity index (χ1) is 16.1. The van der Waals surface area contributed by atoms with Crippen LogP contribution < -0.4 is 15.0 Å². The molecule has 0 aliphatic carbocycles. The van der Waals surface area contributed by atoms with Crippen molar-refractivity contribution in [2.75, 3.05) is 31.2 Å². The average molecular weight is 478 g/mol. The molecule has 1 atom stereocenters. The van der Waals surface area contributed by atoms with Gasteiger partial charge in [-0.15, -0.1) is 13.2 Å². The summed E-state index contributed by atoms with van der Waals surface area (Å²) < 4.78 is 46.2. The van der Waals surface area contributed by atoms with Crippen molar-refractivity contribution in [2.24, 2.45) is 0 Å². The molecule has 2 aliphatic heterocycles. The molecule has 1 unspecified atom stereocenters. The fourth-order valence-electron chi connectivity index (χ4n) is 3.87. The van der Waals surface area contributed by atoms with Crippen molar-refractivity contribution in [2.45, 2.75) is 25.2 Å². The second-order valence-corrected chi connectivity index (χ2v) is 8.08. The van der Waals surface area contributed by atoms with E-state index >= 15 is 0 Å². The second kappa shape index (κ2) is 8.93. The lowest BCUT2D eigenvalue weighted by Gasteiger charge is -2.26. The Morgan fingerprint density at radius 2 is 1.85 bits per heavy atom. The zero-order valence-electron chi connectivity index (χ0n) is 18.1. The highest BCUT2D eigenvalue weighted by atomic mass is 19.4. The lowest BCUT2D eigenvalue weighted by atomic mass is 9.92. The number of nitrogens with zero attached hydrogens (tertiary/aromatic N) is 3. The van der Waals surface area contributed by atoms with Gasteiger partial charge in [0.25, 0.3) is 11.8 Å². The Balaban J connectivity index is 1.50. The van der Waals surface area contributed by atoms with E-state index < -0.39 is 29.6 Å². The molecule has 2 aromatic rings. The predicted molar refractivity (Wildman–Crippen MR) is 112 cm³/mol. The summed E-state index contributed by atoms with van der Waals surface area (Å²) in [6.45, 7) is 3.35. The van der Waals surface area contributed by atoms with Crippen LogP contribution in [0.15, 0.2) is 42.6 Å². The van der Waals surface area contributed by atoms with Crippen molar-refractivity contribution in [1.82, 2.24) is 15.2 Å². The first-order valence-corrected chi connectivity index (χ1v) is 10.4. The van der Waals surface area contributed by atoms with Crippen LogP contribution in [0, 0.1) is 0 Å². The van der Waals surface area contributed by atoms with Crippen molar-refractivity contribution >= 4 is 23.5 Å². The van der Waals surface area contributed by atoms with Crippen LogP contribution in [0.3, 0.4) is 0 Å². The minimum absolute atomic E-state index is 0.0786. The van der Waals surface area contributed by atoms with Gasteiger partial charge in [-0.2, -0.15) is 0 Å². The van der Waals surface area contributed by atoms with Gasteiger partial charge in [-0.3, -0.25) is 14.6 Å². The number of rotatable bonds is 5. The summed E-state index contributed by atoms with van der Waals surface area (Å²) in [6.07, 6.45) is -3.31. The maximum atomic E-state index is 13.1. The molecule has 1 N–H and O–H groups in total. The lowest BCUT2D eigenvalue weighted by Crippen LogP contribution is -2.46. The van der Waals surface area contributed by atoms with Gasteiger partial charge in [0, 0.05) is 25.7 Å². The first kappa shape index (κ1) is 23.5. The Hall–Kier alpha value is -3.67. The zero-order valence-corrected chi connectivity index (χ0v) is 18.1. The number of amides is 4. The van der Waals surface area contributed by atoms with E-state index in [0.29, 0.717) is 31.9 Å². The van der Waals surface area contributed by atoms with Gasteiger partial charge in [0.05, 0.1) is 18.9 Å². The molecule has 4 rings (SSSR count). The summed E-state index contributed by atoms with van der Waals surface area (Å²) in [7, 11) is 0. The van der Waals surface area contributed by atoms with Crippen LogP contribution in [0.2, 0.25) is 0 Å². The summed E-state index contributed by atoms with van der Waals surface area (Å²) in [5.41, 5.74) is -0.409. The van der Waals surface area contributed by atoms with Gasteiger partial charge in [-0.1, -0.05) is 0 Å². The lowest BCUT2D eigenvalue weighted by molar-refractivity contribution is -0.274. The number of ether oxygens (including phenoxy) is 2. The molecule has 4 amide bonds. The molecule has 1 aromatic heterocycles. The number of benzene rings is 1. The fourth-order valence-corrected chi connectivity index (χ4v) is 3.87. The number of alkyl halides is 3. The van der Waals surface area contributed by atoms with Crippen molar-refractivity contribution in [3.63, 3.8) is 0 Å². The Kier molecular flexibility index (Phi) is 6.17. The Morgan fingerprint density at radius 3 is 2.50 bits per heavy atom. The van der Waals surface area contributed by atoms with Crippen LogP contribution >= 0.6 is 0 Å². The monoisotopic (exact) mass is 478 g/mol. The SMILES string of the molecule is CC1(Cc2ccnc(C(=O)N3CCOCC3)c2)NC(=O)N(c2ccc(OC(F)(F)F)cc2)C1=O. The number of hydrogen-bond acceptors (Lipinski definition) is 6. The number of imide groups is 1. The van der Waals surface area contributed by atoms with E-state index in [0.717, 1.165) is 17.0 Å². The molecule has 0 spiro atoms. The molecule has 2 saturated heterocycles. The highest BCUT2D eigenvalue weighted by Gasteiger charge is 2.48.